The summed E-state index contributed by atoms with van der Waals surface area (Å²) in [6, 6.07) is 7.30. The zero-order valence-corrected chi connectivity index (χ0v) is 8.90. The molecule has 0 amide bonds. The molecule has 3 N–H and O–H groups in total. The number of phenols is 1. The fourth-order valence-electron chi connectivity index (χ4n) is 2.31. The summed E-state index contributed by atoms with van der Waals surface area (Å²) < 4.78 is 0. The van der Waals surface area contributed by atoms with Crippen molar-refractivity contribution in [3.63, 3.8) is 0 Å². The number of phenolic OH excluding ortho intramolecular Hbond substituents is 1. The van der Waals surface area contributed by atoms with Gasteiger partial charge in [0.15, 0.2) is 0 Å². The minimum Gasteiger partial charge on any atom is -0.508 e. The number of hydrogen-bond acceptors (Lipinski definition) is 3. The Kier molecular flexibility index (Phi) is 2.67. The maximum absolute atomic E-state index is 9.79. The number of aliphatic hydroxyl groups excluding tert-OH is 1. The molecule has 1 heterocycles. The van der Waals surface area contributed by atoms with Crippen LogP contribution in [0.5, 0.6) is 5.75 Å². The van der Waals surface area contributed by atoms with Crippen LogP contribution < -0.4 is 5.32 Å². The molecular weight excluding hydrogens is 190 g/mol. The highest BCUT2D eigenvalue weighted by atomic mass is 16.3. The number of hydrogen-bond donors (Lipinski definition) is 3. The van der Waals surface area contributed by atoms with Crippen LogP contribution in [0.1, 0.15) is 25.3 Å². The number of aliphatic hydroxyl groups is 1. The SMILES string of the molecule is CC1(c2ccccc2O)CC(O)CCN1. The minimum atomic E-state index is -0.316. The summed E-state index contributed by atoms with van der Waals surface area (Å²) in [5, 5.41) is 22.8. The van der Waals surface area contributed by atoms with Crippen LogP contribution in [0.4, 0.5) is 0 Å². The molecule has 1 aliphatic rings. The molecule has 82 valence electrons. The maximum Gasteiger partial charge on any atom is 0.120 e. The lowest BCUT2D eigenvalue weighted by atomic mass is 9.82. The van der Waals surface area contributed by atoms with Crippen molar-refractivity contribution in [3.05, 3.63) is 29.8 Å². The molecule has 2 atom stereocenters. The third-order valence-electron chi connectivity index (χ3n) is 3.14. The molecule has 3 heteroatoms. The fraction of sp³-hybridized carbons (Fsp3) is 0.500. The summed E-state index contributed by atoms with van der Waals surface area (Å²) in [6.07, 6.45) is 1.14. The van der Waals surface area contributed by atoms with Crippen LogP contribution in [0.2, 0.25) is 0 Å². The molecule has 0 saturated carbocycles. The maximum atomic E-state index is 9.79. The Labute approximate surface area is 89.8 Å². The van der Waals surface area contributed by atoms with Crippen molar-refractivity contribution in [1.29, 1.82) is 0 Å². The fourth-order valence-corrected chi connectivity index (χ4v) is 2.31. The van der Waals surface area contributed by atoms with Gasteiger partial charge in [-0.3, -0.25) is 0 Å². The van der Waals surface area contributed by atoms with Gasteiger partial charge in [-0.25, -0.2) is 0 Å². The first-order valence-corrected chi connectivity index (χ1v) is 5.33. The van der Waals surface area contributed by atoms with Crippen molar-refractivity contribution >= 4 is 0 Å². The van der Waals surface area contributed by atoms with E-state index in [0.717, 1.165) is 18.5 Å². The molecule has 2 rings (SSSR count). The summed E-state index contributed by atoms with van der Waals surface area (Å²) in [7, 11) is 0. The van der Waals surface area contributed by atoms with E-state index in [1.807, 2.05) is 19.1 Å². The second-order valence-corrected chi connectivity index (χ2v) is 4.42. The monoisotopic (exact) mass is 207 g/mol. The van der Waals surface area contributed by atoms with Gasteiger partial charge in [-0.05, 0) is 32.4 Å². The van der Waals surface area contributed by atoms with E-state index < -0.39 is 0 Å². The van der Waals surface area contributed by atoms with E-state index in [0.29, 0.717) is 12.2 Å². The molecule has 0 spiro atoms. The molecule has 1 aliphatic heterocycles. The van der Waals surface area contributed by atoms with Crippen molar-refractivity contribution in [3.8, 4) is 5.75 Å². The number of piperidine rings is 1. The Morgan fingerprint density at radius 3 is 2.80 bits per heavy atom. The first-order valence-electron chi connectivity index (χ1n) is 5.33. The van der Waals surface area contributed by atoms with Gasteiger partial charge in [0.1, 0.15) is 5.75 Å². The van der Waals surface area contributed by atoms with E-state index in [2.05, 4.69) is 5.32 Å². The average Bonchev–Trinajstić information content (AvgIpc) is 2.17. The highest BCUT2D eigenvalue weighted by Gasteiger charge is 2.34. The zero-order chi connectivity index (χ0) is 10.9. The summed E-state index contributed by atoms with van der Waals surface area (Å²) in [4.78, 5) is 0. The molecule has 1 aromatic rings. The van der Waals surface area contributed by atoms with Crippen molar-refractivity contribution in [2.24, 2.45) is 0 Å². The summed E-state index contributed by atoms with van der Waals surface area (Å²) in [6.45, 7) is 2.80. The Hall–Kier alpha value is -1.06. The number of benzene rings is 1. The van der Waals surface area contributed by atoms with Crippen LogP contribution in [0, 0.1) is 0 Å². The van der Waals surface area contributed by atoms with E-state index in [9.17, 15) is 10.2 Å². The predicted octanol–water partition coefficient (Wildman–Crippen LogP) is 1.35. The molecule has 2 unspecified atom stereocenters. The van der Waals surface area contributed by atoms with E-state index in [1.54, 1.807) is 12.1 Å². The van der Waals surface area contributed by atoms with Crippen molar-refractivity contribution < 1.29 is 10.2 Å². The van der Waals surface area contributed by atoms with Crippen LogP contribution >= 0.6 is 0 Å². The van der Waals surface area contributed by atoms with Gasteiger partial charge in [-0.15, -0.1) is 0 Å². The highest BCUT2D eigenvalue weighted by Crippen LogP contribution is 2.34. The van der Waals surface area contributed by atoms with E-state index >= 15 is 0 Å². The molecule has 0 aromatic heterocycles. The van der Waals surface area contributed by atoms with Crippen LogP contribution in [-0.2, 0) is 5.54 Å². The highest BCUT2D eigenvalue weighted by molar-refractivity contribution is 5.38. The lowest BCUT2D eigenvalue weighted by Crippen LogP contribution is -2.47. The van der Waals surface area contributed by atoms with Gasteiger partial charge in [0, 0.05) is 11.1 Å². The predicted molar refractivity (Wildman–Crippen MR) is 58.7 cm³/mol. The smallest absolute Gasteiger partial charge is 0.120 e. The molecule has 3 nitrogen and oxygen atoms in total. The second kappa shape index (κ2) is 3.83. The molecule has 0 aliphatic carbocycles. The second-order valence-electron chi connectivity index (χ2n) is 4.42. The Balaban J connectivity index is 2.32. The van der Waals surface area contributed by atoms with Crippen molar-refractivity contribution in [2.45, 2.75) is 31.4 Å². The van der Waals surface area contributed by atoms with Crippen LogP contribution in [0.15, 0.2) is 24.3 Å². The molecule has 1 aromatic carbocycles. The van der Waals surface area contributed by atoms with Crippen LogP contribution in [0.3, 0.4) is 0 Å². The molecule has 0 radical (unpaired) electrons. The van der Waals surface area contributed by atoms with Gasteiger partial charge in [0.25, 0.3) is 0 Å². The summed E-state index contributed by atoms with van der Waals surface area (Å²) in [5.41, 5.74) is 0.548. The third-order valence-corrected chi connectivity index (χ3v) is 3.14. The molecular formula is C12H17NO2. The Bertz CT molecular complexity index is 353. The normalized spacial score (nSPS) is 31.5. The van der Waals surface area contributed by atoms with Crippen LogP contribution in [0.25, 0.3) is 0 Å². The average molecular weight is 207 g/mol. The molecule has 0 bridgehead atoms. The lowest BCUT2D eigenvalue weighted by Gasteiger charge is -2.38. The first kappa shape index (κ1) is 10.5. The lowest BCUT2D eigenvalue weighted by molar-refractivity contribution is 0.0825. The van der Waals surface area contributed by atoms with Gasteiger partial charge in [0.05, 0.1) is 6.10 Å². The molecule has 15 heavy (non-hydrogen) atoms. The van der Waals surface area contributed by atoms with E-state index in [4.69, 9.17) is 0 Å². The Morgan fingerprint density at radius 2 is 2.13 bits per heavy atom. The molecule has 1 saturated heterocycles. The number of aromatic hydroxyl groups is 1. The first-order chi connectivity index (χ1) is 7.12. The van der Waals surface area contributed by atoms with Crippen LogP contribution in [-0.4, -0.2) is 22.9 Å². The zero-order valence-electron chi connectivity index (χ0n) is 8.90. The topological polar surface area (TPSA) is 52.5 Å². The van der Waals surface area contributed by atoms with Gasteiger partial charge in [0.2, 0.25) is 0 Å². The molecule has 1 fully saturated rings. The minimum absolute atomic E-state index is 0.282. The standard InChI is InChI=1S/C12H17NO2/c1-12(8-9(14)6-7-13-12)10-4-2-3-5-11(10)15/h2-5,9,13-15H,6-8H2,1H3. The van der Waals surface area contributed by atoms with E-state index in [1.165, 1.54) is 0 Å². The number of nitrogens with one attached hydrogen (secondary N) is 1. The van der Waals surface area contributed by atoms with Gasteiger partial charge in [-0.1, -0.05) is 18.2 Å². The number of rotatable bonds is 1. The van der Waals surface area contributed by atoms with Gasteiger partial charge in [-0.2, -0.15) is 0 Å². The summed E-state index contributed by atoms with van der Waals surface area (Å²) in [5.74, 6) is 0.293. The Morgan fingerprint density at radius 1 is 1.40 bits per heavy atom. The van der Waals surface area contributed by atoms with Crippen molar-refractivity contribution in [2.75, 3.05) is 6.54 Å². The van der Waals surface area contributed by atoms with Gasteiger partial charge >= 0.3 is 0 Å². The van der Waals surface area contributed by atoms with Crippen molar-refractivity contribution in [1.82, 2.24) is 5.32 Å². The largest absolute Gasteiger partial charge is 0.508 e. The third kappa shape index (κ3) is 1.98. The summed E-state index contributed by atoms with van der Waals surface area (Å²) >= 11 is 0. The van der Waals surface area contributed by atoms with Gasteiger partial charge < -0.3 is 15.5 Å². The number of para-hydroxylation sites is 1. The quantitative estimate of drug-likeness (QED) is 0.651. The van der Waals surface area contributed by atoms with E-state index in [-0.39, 0.29) is 11.6 Å².